The molecule has 2 aromatic rings. The van der Waals surface area contributed by atoms with Gasteiger partial charge in [-0.25, -0.2) is 0 Å². The fraction of sp³-hybridized carbons (Fsp3) is 0.133. The van der Waals surface area contributed by atoms with Crippen LogP contribution in [0.3, 0.4) is 0 Å². The van der Waals surface area contributed by atoms with E-state index in [1.165, 1.54) is 12.1 Å². The number of benzene rings is 2. The molecule has 0 spiro atoms. The van der Waals surface area contributed by atoms with Crippen molar-refractivity contribution in [3.63, 3.8) is 0 Å². The Morgan fingerprint density at radius 1 is 1.20 bits per heavy atom. The van der Waals surface area contributed by atoms with Gasteiger partial charge in [0.2, 0.25) is 0 Å². The first kappa shape index (κ1) is 14.6. The number of amides is 1. The lowest BCUT2D eigenvalue weighted by atomic mass is 10.1. The third-order valence-corrected chi connectivity index (χ3v) is 3.34. The maximum absolute atomic E-state index is 12.0. The summed E-state index contributed by atoms with van der Waals surface area (Å²) in [5.74, 6) is -0.529. The van der Waals surface area contributed by atoms with E-state index in [0.717, 1.165) is 5.56 Å². The van der Waals surface area contributed by atoms with Gasteiger partial charge in [-0.3, -0.25) is 4.79 Å². The van der Waals surface area contributed by atoms with Gasteiger partial charge in [0.05, 0.1) is 11.7 Å². The molecule has 0 bridgehead atoms. The average molecular weight is 336 g/mol. The molecule has 0 fully saturated rings. The molecule has 0 heterocycles. The second-order valence-electron chi connectivity index (χ2n) is 4.30. The van der Waals surface area contributed by atoms with Gasteiger partial charge in [0.15, 0.2) is 0 Å². The number of hydrogen-bond donors (Lipinski definition) is 3. The number of carbonyl (C=O) groups excluding carboxylic acids is 1. The van der Waals surface area contributed by atoms with Crippen LogP contribution in [-0.2, 0) is 0 Å². The van der Waals surface area contributed by atoms with Crippen LogP contribution < -0.4 is 5.32 Å². The van der Waals surface area contributed by atoms with Gasteiger partial charge < -0.3 is 15.5 Å². The lowest BCUT2D eigenvalue weighted by molar-refractivity contribution is 0.0913. The van der Waals surface area contributed by atoms with Crippen molar-refractivity contribution < 1.29 is 15.0 Å². The number of aromatic hydroxyl groups is 1. The molecule has 5 heteroatoms. The number of rotatable bonds is 4. The molecule has 1 amide bonds. The molecule has 4 nitrogen and oxygen atoms in total. The highest BCUT2D eigenvalue weighted by Gasteiger charge is 2.14. The third kappa shape index (κ3) is 3.59. The molecule has 0 radical (unpaired) electrons. The van der Waals surface area contributed by atoms with Crippen molar-refractivity contribution in [2.75, 3.05) is 6.54 Å². The molecule has 0 saturated carbocycles. The Balaban J connectivity index is 2.00. The highest BCUT2D eigenvalue weighted by Crippen LogP contribution is 2.21. The minimum atomic E-state index is -0.783. The maximum Gasteiger partial charge on any atom is 0.255 e. The number of phenolic OH excluding ortho intramolecular Hbond substituents is 1. The summed E-state index contributed by atoms with van der Waals surface area (Å²) in [6, 6.07) is 13.7. The first-order valence-corrected chi connectivity index (χ1v) is 6.87. The molecule has 0 aliphatic heterocycles. The quantitative estimate of drug-likeness (QED) is 0.804. The van der Waals surface area contributed by atoms with E-state index in [1.54, 1.807) is 18.2 Å². The van der Waals surface area contributed by atoms with Crippen molar-refractivity contribution in [1.82, 2.24) is 5.32 Å². The maximum atomic E-state index is 12.0. The monoisotopic (exact) mass is 335 g/mol. The summed E-state index contributed by atoms with van der Waals surface area (Å²) >= 11 is 3.24. The van der Waals surface area contributed by atoms with Gasteiger partial charge in [-0.2, -0.15) is 0 Å². The molecule has 20 heavy (non-hydrogen) atoms. The van der Waals surface area contributed by atoms with Crippen LogP contribution in [0.15, 0.2) is 53.0 Å². The van der Waals surface area contributed by atoms with E-state index in [-0.39, 0.29) is 17.9 Å². The summed E-state index contributed by atoms with van der Waals surface area (Å²) in [6.07, 6.45) is -0.783. The Hall–Kier alpha value is -1.85. The summed E-state index contributed by atoms with van der Waals surface area (Å²) in [4.78, 5) is 12.0. The first-order valence-electron chi connectivity index (χ1n) is 6.07. The van der Waals surface area contributed by atoms with E-state index in [1.807, 2.05) is 18.2 Å². The average Bonchev–Trinajstić information content (AvgIpc) is 2.47. The van der Waals surface area contributed by atoms with Gasteiger partial charge in [-0.15, -0.1) is 0 Å². The zero-order valence-corrected chi connectivity index (χ0v) is 12.2. The van der Waals surface area contributed by atoms with Crippen molar-refractivity contribution in [2.24, 2.45) is 0 Å². The normalized spacial score (nSPS) is 11.9. The summed E-state index contributed by atoms with van der Waals surface area (Å²) in [5.41, 5.74) is 0.894. The van der Waals surface area contributed by atoms with Gasteiger partial charge in [-0.05, 0) is 23.8 Å². The Morgan fingerprint density at radius 3 is 2.60 bits per heavy atom. The highest BCUT2D eigenvalue weighted by atomic mass is 79.9. The van der Waals surface area contributed by atoms with Gasteiger partial charge in [-0.1, -0.05) is 46.3 Å². The fourth-order valence-electron chi connectivity index (χ4n) is 1.77. The molecule has 0 aliphatic rings. The number of carbonyl (C=O) groups is 1. The van der Waals surface area contributed by atoms with Crippen molar-refractivity contribution in [3.8, 4) is 5.75 Å². The van der Waals surface area contributed by atoms with E-state index < -0.39 is 12.0 Å². The van der Waals surface area contributed by atoms with E-state index >= 15 is 0 Å². The standard InChI is InChI=1S/C15H14BrNO3/c16-11-6-7-13(18)12(8-11)15(20)17-9-14(19)10-4-2-1-3-5-10/h1-8,14,18-19H,9H2,(H,17,20). The molecule has 0 aliphatic carbocycles. The molecule has 3 N–H and O–H groups in total. The van der Waals surface area contributed by atoms with Gasteiger partial charge in [0, 0.05) is 11.0 Å². The van der Waals surface area contributed by atoms with Gasteiger partial charge in [0.25, 0.3) is 5.91 Å². The second-order valence-corrected chi connectivity index (χ2v) is 5.21. The number of hydrogen-bond acceptors (Lipinski definition) is 3. The predicted octanol–water partition coefficient (Wildman–Crippen LogP) is 2.62. The van der Waals surface area contributed by atoms with Crippen LogP contribution in [-0.4, -0.2) is 22.7 Å². The SMILES string of the molecule is O=C(NCC(O)c1ccccc1)c1cc(Br)ccc1O. The minimum absolute atomic E-state index is 0.0782. The summed E-state index contributed by atoms with van der Waals surface area (Å²) in [7, 11) is 0. The number of nitrogens with one attached hydrogen (secondary N) is 1. The van der Waals surface area contributed by atoms with Crippen molar-refractivity contribution in [1.29, 1.82) is 0 Å². The van der Waals surface area contributed by atoms with Crippen LogP contribution in [0.2, 0.25) is 0 Å². The van der Waals surface area contributed by atoms with Crippen molar-refractivity contribution in [3.05, 3.63) is 64.1 Å². The van der Waals surface area contributed by atoms with Crippen LogP contribution in [0, 0.1) is 0 Å². The predicted molar refractivity (Wildman–Crippen MR) is 79.5 cm³/mol. The molecular weight excluding hydrogens is 322 g/mol. The summed E-state index contributed by atoms with van der Waals surface area (Å²) in [5, 5.41) is 22.2. The molecule has 0 saturated heterocycles. The van der Waals surface area contributed by atoms with Crippen LogP contribution in [0.25, 0.3) is 0 Å². The topological polar surface area (TPSA) is 69.6 Å². The largest absolute Gasteiger partial charge is 0.507 e. The number of aliphatic hydroxyl groups excluding tert-OH is 1. The molecular formula is C15H14BrNO3. The Bertz CT molecular complexity index is 601. The van der Waals surface area contributed by atoms with Crippen LogP contribution in [0.5, 0.6) is 5.75 Å². The Kier molecular flexibility index (Phi) is 4.76. The zero-order chi connectivity index (χ0) is 14.5. The van der Waals surface area contributed by atoms with Gasteiger partial charge >= 0.3 is 0 Å². The lowest BCUT2D eigenvalue weighted by Crippen LogP contribution is -2.28. The Labute approximate surface area is 125 Å². The summed E-state index contributed by atoms with van der Waals surface area (Å²) in [6.45, 7) is 0.0782. The number of halogens is 1. The number of aliphatic hydroxyl groups is 1. The van der Waals surface area contributed by atoms with Gasteiger partial charge in [0.1, 0.15) is 5.75 Å². The van der Waals surface area contributed by atoms with Crippen LogP contribution in [0.4, 0.5) is 0 Å². The molecule has 104 valence electrons. The summed E-state index contributed by atoms with van der Waals surface area (Å²) < 4.78 is 0.698. The molecule has 1 atom stereocenters. The first-order chi connectivity index (χ1) is 9.58. The van der Waals surface area contributed by atoms with E-state index in [4.69, 9.17) is 0 Å². The molecule has 2 aromatic carbocycles. The highest BCUT2D eigenvalue weighted by molar-refractivity contribution is 9.10. The second kappa shape index (κ2) is 6.54. The van der Waals surface area contributed by atoms with Crippen molar-refractivity contribution in [2.45, 2.75) is 6.10 Å². The third-order valence-electron chi connectivity index (χ3n) is 2.84. The number of phenols is 1. The van der Waals surface area contributed by atoms with Crippen LogP contribution in [0.1, 0.15) is 22.0 Å². The van der Waals surface area contributed by atoms with Crippen LogP contribution >= 0.6 is 15.9 Å². The molecule has 0 aromatic heterocycles. The van der Waals surface area contributed by atoms with Crippen molar-refractivity contribution >= 4 is 21.8 Å². The smallest absolute Gasteiger partial charge is 0.255 e. The Morgan fingerprint density at radius 2 is 1.90 bits per heavy atom. The lowest BCUT2D eigenvalue weighted by Gasteiger charge is -2.12. The molecule has 1 unspecified atom stereocenters. The van der Waals surface area contributed by atoms with E-state index in [9.17, 15) is 15.0 Å². The van der Waals surface area contributed by atoms with E-state index in [2.05, 4.69) is 21.2 Å². The molecule has 2 rings (SSSR count). The zero-order valence-electron chi connectivity index (χ0n) is 10.6. The van der Waals surface area contributed by atoms with E-state index in [0.29, 0.717) is 4.47 Å². The minimum Gasteiger partial charge on any atom is -0.507 e. The fourth-order valence-corrected chi connectivity index (χ4v) is 2.13.